The maximum absolute atomic E-state index is 6.19. The van der Waals surface area contributed by atoms with Crippen molar-refractivity contribution in [2.45, 2.75) is 13.2 Å². The van der Waals surface area contributed by atoms with Crippen LogP contribution in [0, 0.1) is 0 Å². The molecule has 0 radical (unpaired) electrons. The first-order valence-electron chi connectivity index (χ1n) is 8.39. The molecule has 28 heavy (non-hydrogen) atoms. The van der Waals surface area contributed by atoms with Gasteiger partial charge in [-0.3, -0.25) is 0 Å². The first kappa shape index (κ1) is 20.9. The van der Waals surface area contributed by atoms with Crippen LogP contribution < -0.4 is 14.8 Å². The maximum Gasteiger partial charge on any atom is 0.161 e. The monoisotopic (exact) mass is 455 g/mol. The number of rotatable bonds is 7. The van der Waals surface area contributed by atoms with Crippen molar-refractivity contribution >= 4 is 52.1 Å². The normalized spacial score (nSPS) is 10.6. The van der Waals surface area contributed by atoms with Gasteiger partial charge in [-0.25, -0.2) is 0 Å². The van der Waals surface area contributed by atoms with Crippen molar-refractivity contribution in [3.05, 3.63) is 85.8 Å². The molecule has 1 N–H and O–H groups in total. The van der Waals surface area contributed by atoms with Gasteiger partial charge in [0.15, 0.2) is 11.5 Å². The molecule has 0 amide bonds. The molecule has 3 aromatic rings. The Hall–Kier alpha value is -1.78. The van der Waals surface area contributed by atoms with Crippen LogP contribution in [0.4, 0.5) is 5.69 Å². The molecule has 0 heterocycles. The van der Waals surface area contributed by atoms with Gasteiger partial charge in [0.05, 0.1) is 17.8 Å². The van der Waals surface area contributed by atoms with Crippen molar-refractivity contribution in [3.8, 4) is 11.5 Å². The average Bonchev–Trinajstić information content (AvgIpc) is 2.68. The molecule has 0 saturated heterocycles. The minimum absolute atomic E-state index is 0.308. The summed E-state index contributed by atoms with van der Waals surface area (Å²) in [6.45, 7) is 0.863. The van der Waals surface area contributed by atoms with Crippen molar-refractivity contribution < 1.29 is 9.47 Å². The first-order chi connectivity index (χ1) is 13.5. The van der Waals surface area contributed by atoms with Gasteiger partial charge in [-0.2, -0.15) is 0 Å². The highest BCUT2D eigenvalue weighted by Crippen LogP contribution is 2.31. The summed E-state index contributed by atoms with van der Waals surface area (Å²) in [6, 6.07) is 16.3. The van der Waals surface area contributed by atoms with E-state index in [1.54, 1.807) is 37.4 Å². The molecule has 0 aromatic heterocycles. The van der Waals surface area contributed by atoms with Crippen molar-refractivity contribution in [1.82, 2.24) is 0 Å². The predicted molar refractivity (Wildman–Crippen MR) is 118 cm³/mol. The standard InChI is InChI=1S/C21H17Cl4NO2/c1-27-21-8-13(11-26-19-10-16(23)5-6-17(19)24)2-7-20(21)28-12-14-3-4-15(22)9-18(14)25/h2-10,26H,11-12H2,1H3. The lowest BCUT2D eigenvalue weighted by Gasteiger charge is -2.14. The Balaban J connectivity index is 1.68. The van der Waals surface area contributed by atoms with Crippen molar-refractivity contribution in [2.75, 3.05) is 12.4 Å². The summed E-state index contributed by atoms with van der Waals surface area (Å²) in [6.07, 6.45) is 0. The molecule has 0 bridgehead atoms. The fourth-order valence-electron chi connectivity index (χ4n) is 2.57. The fraction of sp³-hybridized carbons (Fsp3) is 0.143. The second-order valence-electron chi connectivity index (χ2n) is 5.99. The van der Waals surface area contributed by atoms with Crippen LogP contribution in [-0.4, -0.2) is 7.11 Å². The Kier molecular flexibility index (Phi) is 7.19. The van der Waals surface area contributed by atoms with Crippen LogP contribution in [0.3, 0.4) is 0 Å². The summed E-state index contributed by atoms with van der Waals surface area (Å²) in [5, 5.41) is 5.64. The van der Waals surface area contributed by atoms with Crippen molar-refractivity contribution in [3.63, 3.8) is 0 Å². The summed E-state index contributed by atoms with van der Waals surface area (Å²) in [7, 11) is 1.60. The van der Waals surface area contributed by atoms with Crippen LogP contribution in [0.15, 0.2) is 54.6 Å². The molecule has 0 aliphatic rings. The molecular weight excluding hydrogens is 440 g/mol. The number of hydrogen-bond acceptors (Lipinski definition) is 3. The maximum atomic E-state index is 6.19. The number of methoxy groups -OCH3 is 1. The summed E-state index contributed by atoms with van der Waals surface area (Å²) >= 11 is 24.3. The third-order valence-corrected chi connectivity index (χ3v) is 5.19. The third-order valence-electron chi connectivity index (χ3n) is 4.04. The lowest BCUT2D eigenvalue weighted by molar-refractivity contribution is 0.284. The van der Waals surface area contributed by atoms with Gasteiger partial charge in [-0.05, 0) is 48.0 Å². The van der Waals surface area contributed by atoms with Gasteiger partial charge in [-0.1, -0.05) is 58.5 Å². The van der Waals surface area contributed by atoms with Crippen LogP contribution in [0.25, 0.3) is 0 Å². The van der Waals surface area contributed by atoms with Gasteiger partial charge in [0.1, 0.15) is 6.61 Å². The van der Waals surface area contributed by atoms with E-state index in [9.17, 15) is 0 Å². The Morgan fingerprint density at radius 1 is 0.786 bits per heavy atom. The topological polar surface area (TPSA) is 30.5 Å². The van der Waals surface area contributed by atoms with E-state index in [0.29, 0.717) is 44.7 Å². The first-order valence-corrected chi connectivity index (χ1v) is 9.90. The molecule has 0 aliphatic heterocycles. The third kappa shape index (κ3) is 5.39. The molecule has 146 valence electrons. The van der Waals surface area contributed by atoms with E-state index >= 15 is 0 Å². The number of nitrogens with one attached hydrogen (secondary N) is 1. The highest BCUT2D eigenvalue weighted by atomic mass is 35.5. The molecule has 0 spiro atoms. The predicted octanol–water partition coefficient (Wildman–Crippen LogP) is 7.50. The second-order valence-corrected chi connectivity index (χ2v) is 7.67. The van der Waals surface area contributed by atoms with Crippen LogP contribution in [-0.2, 0) is 13.2 Å². The molecule has 3 aromatic carbocycles. The van der Waals surface area contributed by atoms with E-state index in [2.05, 4.69) is 5.32 Å². The highest BCUT2D eigenvalue weighted by Gasteiger charge is 2.09. The molecule has 7 heteroatoms. The SMILES string of the molecule is COc1cc(CNc2cc(Cl)ccc2Cl)ccc1OCc1ccc(Cl)cc1Cl. The van der Waals surface area contributed by atoms with Crippen LogP contribution in [0.1, 0.15) is 11.1 Å². The molecule has 0 fully saturated rings. The number of ether oxygens (including phenoxy) is 2. The molecule has 0 aliphatic carbocycles. The van der Waals surface area contributed by atoms with Crippen LogP contribution >= 0.6 is 46.4 Å². The minimum atomic E-state index is 0.308. The van der Waals surface area contributed by atoms with Gasteiger partial charge in [0.2, 0.25) is 0 Å². The van der Waals surface area contributed by atoms with Crippen LogP contribution in [0.2, 0.25) is 20.1 Å². The summed E-state index contributed by atoms with van der Waals surface area (Å²) in [5.74, 6) is 1.25. The molecule has 0 atom stereocenters. The van der Waals surface area contributed by atoms with Crippen LogP contribution in [0.5, 0.6) is 11.5 Å². The summed E-state index contributed by atoms with van der Waals surface area (Å²) in [4.78, 5) is 0. The Labute approximate surface area is 184 Å². The number of anilines is 1. The Morgan fingerprint density at radius 2 is 1.54 bits per heavy atom. The highest BCUT2D eigenvalue weighted by molar-refractivity contribution is 6.35. The van der Waals surface area contributed by atoms with Gasteiger partial charge in [0.25, 0.3) is 0 Å². The summed E-state index contributed by atoms with van der Waals surface area (Å²) < 4.78 is 11.3. The zero-order valence-corrected chi connectivity index (χ0v) is 18.0. The molecule has 3 nitrogen and oxygen atoms in total. The van der Waals surface area contributed by atoms with E-state index in [-0.39, 0.29) is 0 Å². The average molecular weight is 457 g/mol. The van der Waals surface area contributed by atoms with Crippen molar-refractivity contribution in [2.24, 2.45) is 0 Å². The zero-order valence-electron chi connectivity index (χ0n) is 14.9. The minimum Gasteiger partial charge on any atom is -0.493 e. The van der Waals surface area contributed by atoms with Gasteiger partial charge < -0.3 is 14.8 Å². The largest absolute Gasteiger partial charge is 0.493 e. The second kappa shape index (κ2) is 9.62. The van der Waals surface area contributed by atoms with Crippen molar-refractivity contribution in [1.29, 1.82) is 0 Å². The molecule has 0 unspecified atom stereocenters. The Morgan fingerprint density at radius 3 is 2.29 bits per heavy atom. The van der Waals surface area contributed by atoms with E-state index in [1.165, 1.54) is 0 Å². The van der Waals surface area contributed by atoms with Gasteiger partial charge in [-0.15, -0.1) is 0 Å². The lowest BCUT2D eigenvalue weighted by Crippen LogP contribution is -2.02. The van der Waals surface area contributed by atoms with Gasteiger partial charge >= 0.3 is 0 Å². The molecule has 3 rings (SSSR count). The van der Waals surface area contributed by atoms with Gasteiger partial charge in [0, 0.05) is 27.2 Å². The molecule has 0 saturated carbocycles. The molecular formula is C21H17Cl4NO2. The number of hydrogen-bond donors (Lipinski definition) is 1. The summed E-state index contributed by atoms with van der Waals surface area (Å²) in [5.41, 5.74) is 2.62. The Bertz CT molecular complexity index is 979. The van der Waals surface area contributed by atoms with E-state index in [0.717, 1.165) is 16.8 Å². The quantitative estimate of drug-likeness (QED) is 0.399. The zero-order chi connectivity index (χ0) is 20.1. The lowest BCUT2D eigenvalue weighted by atomic mass is 10.2. The van der Waals surface area contributed by atoms with E-state index < -0.39 is 0 Å². The number of benzene rings is 3. The van der Waals surface area contributed by atoms with E-state index in [4.69, 9.17) is 55.9 Å². The smallest absolute Gasteiger partial charge is 0.161 e. The van der Waals surface area contributed by atoms with E-state index in [1.807, 2.05) is 24.3 Å². The fourth-order valence-corrected chi connectivity index (χ4v) is 3.39. The number of halogens is 4.